The predicted octanol–water partition coefficient (Wildman–Crippen LogP) is 2.68. The molecule has 1 aromatic rings. The summed E-state index contributed by atoms with van der Waals surface area (Å²) in [4.78, 5) is 0.475. The maximum absolute atomic E-state index is 13.0. The highest BCUT2D eigenvalue weighted by atomic mass is 32.2. The van der Waals surface area contributed by atoms with E-state index in [1.54, 1.807) is 11.4 Å². The third-order valence-electron chi connectivity index (χ3n) is 4.56. The van der Waals surface area contributed by atoms with Crippen LogP contribution in [-0.4, -0.2) is 52.7 Å². The van der Waals surface area contributed by atoms with E-state index in [2.05, 4.69) is 0 Å². The highest BCUT2D eigenvalue weighted by Crippen LogP contribution is 2.28. The van der Waals surface area contributed by atoms with E-state index in [-0.39, 0.29) is 0 Å². The lowest BCUT2D eigenvalue weighted by molar-refractivity contribution is 0.0410. The molecule has 0 unspecified atom stereocenters. The van der Waals surface area contributed by atoms with Gasteiger partial charge in [0.05, 0.1) is 18.1 Å². The molecule has 6 heteroatoms. The van der Waals surface area contributed by atoms with Gasteiger partial charge in [0.25, 0.3) is 0 Å². The molecule has 1 fully saturated rings. The van der Waals surface area contributed by atoms with Gasteiger partial charge in [0.15, 0.2) is 0 Å². The van der Waals surface area contributed by atoms with Gasteiger partial charge in [-0.05, 0) is 50.7 Å². The molecule has 24 heavy (non-hydrogen) atoms. The van der Waals surface area contributed by atoms with Gasteiger partial charge in [0.1, 0.15) is 0 Å². The number of hydrogen-bond donors (Lipinski definition) is 0. The first-order valence-corrected chi connectivity index (χ1v) is 9.95. The second kappa shape index (κ2) is 8.43. The minimum atomic E-state index is -3.42. The number of ether oxygens (including phenoxy) is 2. The molecule has 0 bridgehead atoms. The van der Waals surface area contributed by atoms with Gasteiger partial charge in [-0.1, -0.05) is 17.7 Å². The van der Waals surface area contributed by atoms with Gasteiger partial charge < -0.3 is 9.47 Å². The van der Waals surface area contributed by atoms with Gasteiger partial charge >= 0.3 is 0 Å². The Kier molecular flexibility index (Phi) is 6.80. The first kappa shape index (κ1) is 19.4. The molecule has 0 amide bonds. The smallest absolute Gasteiger partial charge is 0.243 e. The average Bonchev–Trinajstić information content (AvgIpc) is 2.51. The predicted molar refractivity (Wildman–Crippen MR) is 94.8 cm³/mol. The molecule has 2 rings (SSSR count). The number of benzene rings is 1. The fraction of sp³-hybridized carbons (Fsp3) is 0.667. The van der Waals surface area contributed by atoms with Gasteiger partial charge in [-0.25, -0.2) is 8.42 Å². The first-order valence-electron chi connectivity index (χ1n) is 8.51. The van der Waals surface area contributed by atoms with Crippen LogP contribution in [0.1, 0.15) is 29.5 Å². The van der Waals surface area contributed by atoms with E-state index >= 15 is 0 Å². The van der Waals surface area contributed by atoms with Crippen molar-refractivity contribution in [3.05, 3.63) is 28.8 Å². The summed E-state index contributed by atoms with van der Waals surface area (Å²) < 4.78 is 38.2. The Bertz CT molecular complexity index is 626. The van der Waals surface area contributed by atoms with Crippen LogP contribution in [0.3, 0.4) is 0 Å². The summed E-state index contributed by atoms with van der Waals surface area (Å²) in [7, 11) is -1.77. The van der Waals surface area contributed by atoms with Crippen LogP contribution in [0.4, 0.5) is 0 Å². The van der Waals surface area contributed by atoms with E-state index in [0.717, 1.165) is 29.5 Å². The molecule has 0 aliphatic carbocycles. The molecule has 0 N–H and O–H groups in total. The maximum atomic E-state index is 13.0. The van der Waals surface area contributed by atoms with Gasteiger partial charge in [0.2, 0.25) is 10.0 Å². The number of nitrogens with zero attached hydrogens (tertiary/aromatic N) is 1. The minimum Gasteiger partial charge on any atom is -0.382 e. The van der Waals surface area contributed by atoms with E-state index in [1.807, 2.05) is 32.9 Å². The molecule has 0 spiro atoms. The Morgan fingerprint density at radius 3 is 2.21 bits per heavy atom. The topological polar surface area (TPSA) is 55.8 Å². The van der Waals surface area contributed by atoms with Crippen molar-refractivity contribution in [1.82, 2.24) is 4.31 Å². The number of piperidine rings is 1. The van der Waals surface area contributed by atoms with Crippen LogP contribution in [-0.2, 0) is 19.5 Å². The Hall–Kier alpha value is -0.950. The molecule has 0 saturated carbocycles. The third kappa shape index (κ3) is 4.57. The SMILES string of the molecule is COCCOCC1CCN(S(=O)(=O)c2c(C)cc(C)cc2C)CC1. The Balaban J connectivity index is 2.01. The molecular formula is C18H29NO4S. The van der Waals surface area contributed by atoms with Crippen LogP contribution in [0, 0.1) is 26.7 Å². The number of rotatable bonds is 7. The van der Waals surface area contributed by atoms with Crippen molar-refractivity contribution in [3.63, 3.8) is 0 Å². The lowest BCUT2D eigenvalue weighted by Crippen LogP contribution is -2.40. The van der Waals surface area contributed by atoms with Crippen LogP contribution in [0.2, 0.25) is 0 Å². The normalized spacial score (nSPS) is 17.3. The number of methoxy groups -OCH3 is 1. The highest BCUT2D eigenvalue weighted by Gasteiger charge is 2.31. The van der Waals surface area contributed by atoms with Crippen LogP contribution in [0.15, 0.2) is 17.0 Å². The Morgan fingerprint density at radius 2 is 1.67 bits per heavy atom. The summed E-state index contributed by atoms with van der Waals surface area (Å²) in [5.41, 5.74) is 2.76. The molecular weight excluding hydrogens is 326 g/mol. The third-order valence-corrected chi connectivity index (χ3v) is 6.77. The standard InChI is InChI=1S/C18H29NO4S/c1-14-11-15(2)18(16(3)12-14)24(20,21)19-7-5-17(6-8-19)13-23-10-9-22-4/h11-12,17H,5-10,13H2,1-4H3. The molecule has 1 saturated heterocycles. The van der Waals surface area contributed by atoms with Crippen molar-refractivity contribution in [2.45, 2.75) is 38.5 Å². The lowest BCUT2D eigenvalue weighted by atomic mass is 9.99. The summed E-state index contributed by atoms with van der Waals surface area (Å²) in [6.45, 7) is 8.74. The van der Waals surface area contributed by atoms with Crippen molar-refractivity contribution >= 4 is 10.0 Å². The average molecular weight is 356 g/mol. The number of aryl methyl sites for hydroxylation is 3. The molecule has 1 aromatic carbocycles. The largest absolute Gasteiger partial charge is 0.382 e. The zero-order chi connectivity index (χ0) is 17.7. The molecule has 136 valence electrons. The van der Waals surface area contributed by atoms with E-state index < -0.39 is 10.0 Å². The molecule has 0 aromatic heterocycles. The Morgan fingerprint density at radius 1 is 1.08 bits per heavy atom. The fourth-order valence-corrected chi connectivity index (χ4v) is 5.29. The second-order valence-corrected chi connectivity index (χ2v) is 8.52. The van der Waals surface area contributed by atoms with Crippen LogP contribution < -0.4 is 0 Å². The number of hydrogen-bond acceptors (Lipinski definition) is 4. The van der Waals surface area contributed by atoms with Crippen molar-refractivity contribution in [2.75, 3.05) is 40.0 Å². The zero-order valence-corrected chi connectivity index (χ0v) is 16.0. The van der Waals surface area contributed by atoms with Gasteiger partial charge in [-0.2, -0.15) is 4.31 Å². The molecule has 5 nitrogen and oxygen atoms in total. The van der Waals surface area contributed by atoms with Crippen molar-refractivity contribution in [2.24, 2.45) is 5.92 Å². The summed E-state index contributed by atoms with van der Waals surface area (Å²) in [6, 6.07) is 3.88. The van der Waals surface area contributed by atoms with Gasteiger partial charge in [-0.3, -0.25) is 0 Å². The van der Waals surface area contributed by atoms with Crippen LogP contribution in [0.25, 0.3) is 0 Å². The van der Waals surface area contributed by atoms with E-state index in [1.165, 1.54) is 0 Å². The quantitative estimate of drug-likeness (QED) is 0.706. The van der Waals surface area contributed by atoms with E-state index in [4.69, 9.17) is 9.47 Å². The second-order valence-electron chi connectivity index (χ2n) is 6.64. The first-order chi connectivity index (χ1) is 11.4. The summed E-state index contributed by atoms with van der Waals surface area (Å²) in [5, 5.41) is 0. The molecule has 1 aliphatic heterocycles. The van der Waals surface area contributed by atoms with Crippen LogP contribution >= 0.6 is 0 Å². The summed E-state index contributed by atoms with van der Waals surface area (Å²) >= 11 is 0. The van der Waals surface area contributed by atoms with Crippen LogP contribution in [0.5, 0.6) is 0 Å². The zero-order valence-electron chi connectivity index (χ0n) is 15.2. The monoisotopic (exact) mass is 355 g/mol. The summed E-state index contributed by atoms with van der Waals surface area (Å²) in [5.74, 6) is 0.425. The van der Waals surface area contributed by atoms with Crippen molar-refractivity contribution in [3.8, 4) is 0 Å². The molecule has 0 radical (unpaired) electrons. The minimum absolute atomic E-state index is 0.425. The highest BCUT2D eigenvalue weighted by molar-refractivity contribution is 7.89. The van der Waals surface area contributed by atoms with E-state index in [0.29, 0.717) is 43.7 Å². The lowest BCUT2D eigenvalue weighted by Gasteiger charge is -2.32. The molecule has 0 atom stereocenters. The number of sulfonamides is 1. The van der Waals surface area contributed by atoms with E-state index in [9.17, 15) is 8.42 Å². The summed E-state index contributed by atoms with van der Waals surface area (Å²) in [6.07, 6.45) is 1.69. The molecule has 1 aliphatic rings. The van der Waals surface area contributed by atoms with Gasteiger partial charge in [-0.15, -0.1) is 0 Å². The van der Waals surface area contributed by atoms with Crippen molar-refractivity contribution in [1.29, 1.82) is 0 Å². The van der Waals surface area contributed by atoms with Crippen molar-refractivity contribution < 1.29 is 17.9 Å². The Labute approximate surface area is 146 Å². The molecule has 1 heterocycles. The van der Waals surface area contributed by atoms with Gasteiger partial charge in [0, 0.05) is 26.8 Å². The maximum Gasteiger partial charge on any atom is 0.243 e. The fourth-order valence-electron chi connectivity index (χ4n) is 3.41.